The third-order valence-electron chi connectivity index (χ3n) is 5.86. The number of carbonyl (C=O) groups excluding carboxylic acids is 1. The molecule has 2 aromatic carbocycles. The number of aryl methyl sites for hydroxylation is 1. The molecule has 0 bridgehead atoms. The Labute approximate surface area is 169 Å². The van der Waals surface area contributed by atoms with Crippen LogP contribution < -0.4 is 11.1 Å². The lowest BCUT2D eigenvalue weighted by atomic mass is 9.67. The quantitative estimate of drug-likeness (QED) is 0.830. The van der Waals surface area contributed by atoms with Gasteiger partial charge >= 0.3 is 0 Å². The number of guanidine groups is 1. The van der Waals surface area contributed by atoms with E-state index in [1.807, 2.05) is 13.0 Å². The van der Waals surface area contributed by atoms with Gasteiger partial charge in [-0.2, -0.15) is 5.26 Å². The van der Waals surface area contributed by atoms with Gasteiger partial charge < -0.3 is 11.1 Å². The van der Waals surface area contributed by atoms with E-state index in [4.69, 9.17) is 11.0 Å². The summed E-state index contributed by atoms with van der Waals surface area (Å²) in [7, 11) is 1.56. The van der Waals surface area contributed by atoms with Crippen LogP contribution in [0.5, 0.6) is 0 Å². The largest absolute Gasteiger partial charge is 0.369 e. The van der Waals surface area contributed by atoms with Gasteiger partial charge in [0.2, 0.25) is 5.91 Å². The third-order valence-corrected chi connectivity index (χ3v) is 5.86. The molecule has 0 fully saturated rings. The number of nitrogens with two attached hydrogens (primary N) is 1. The maximum atomic E-state index is 14.9. The molecule has 0 spiro atoms. The summed E-state index contributed by atoms with van der Waals surface area (Å²) in [5, 5.41) is 12.3. The Balaban J connectivity index is 2.07. The van der Waals surface area contributed by atoms with Gasteiger partial charge in [-0.25, -0.2) is 9.38 Å². The van der Waals surface area contributed by atoms with Gasteiger partial charge in [-0.15, -0.1) is 0 Å². The topological polar surface area (TPSA) is 94.5 Å². The number of nitrogens with zero attached hydrogens (tertiary/aromatic N) is 3. The van der Waals surface area contributed by atoms with Crippen molar-refractivity contribution in [1.82, 2.24) is 4.90 Å². The van der Waals surface area contributed by atoms with Crippen LogP contribution in [-0.4, -0.2) is 23.8 Å². The first-order valence-corrected chi connectivity index (χ1v) is 9.22. The molecule has 1 aliphatic rings. The first-order valence-electron chi connectivity index (χ1n) is 9.22. The van der Waals surface area contributed by atoms with Crippen LogP contribution in [0.4, 0.5) is 15.8 Å². The molecule has 1 heterocycles. The number of halogens is 1. The van der Waals surface area contributed by atoms with Crippen molar-refractivity contribution in [3.63, 3.8) is 0 Å². The highest BCUT2D eigenvalue weighted by molar-refractivity contribution is 6.01. The van der Waals surface area contributed by atoms with Gasteiger partial charge in [0, 0.05) is 24.0 Å². The Morgan fingerprint density at radius 3 is 2.41 bits per heavy atom. The van der Waals surface area contributed by atoms with E-state index in [2.05, 4.69) is 16.4 Å². The minimum Gasteiger partial charge on any atom is -0.369 e. The molecule has 29 heavy (non-hydrogen) atoms. The Hall–Kier alpha value is -3.40. The molecule has 150 valence electrons. The molecular weight excluding hydrogens is 369 g/mol. The molecule has 2 aromatic rings. The second kappa shape index (κ2) is 6.89. The predicted octanol–water partition coefficient (Wildman–Crippen LogP) is 3.78. The second-order valence-corrected chi connectivity index (χ2v) is 7.99. The molecule has 3 N–H and O–H groups in total. The molecule has 1 aliphatic heterocycles. The minimum atomic E-state index is -1.18. The molecule has 0 saturated heterocycles. The van der Waals surface area contributed by atoms with E-state index >= 15 is 0 Å². The molecule has 0 aliphatic carbocycles. The van der Waals surface area contributed by atoms with E-state index in [1.165, 1.54) is 11.0 Å². The normalized spacial score (nSPS) is 20.8. The molecule has 0 saturated carbocycles. The van der Waals surface area contributed by atoms with E-state index in [0.29, 0.717) is 11.3 Å². The van der Waals surface area contributed by atoms with Gasteiger partial charge in [0.15, 0.2) is 5.96 Å². The van der Waals surface area contributed by atoms with Gasteiger partial charge in [-0.1, -0.05) is 0 Å². The molecule has 1 unspecified atom stereocenters. The molecule has 1 amide bonds. The van der Waals surface area contributed by atoms with Crippen LogP contribution in [0.15, 0.2) is 41.4 Å². The van der Waals surface area contributed by atoms with Crippen LogP contribution in [0.25, 0.3) is 0 Å². The van der Waals surface area contributed by atoms with Crippen LogP contribution in [0, 0.1) is 29.5 Å². The number of amides is 1. The standard InChI is InChI=1S/C22H24FN5O/c1-13-10-15(7-6-14(13)12-24)26-16-8-9-18(23)17(11-16)22(4)21(2,3)19(29)28(5)20(25)27-22/h6-11,26H,1-5H3,(H2,25,27). The summed E-state index contributed by atoms with van der Waals surface area (Å²) in [6, 6.07) is 12.1. The van der Waals surface area contributed by atoms with E-state index in [0.717, 1.165) is 11.3 Å². The average Bonchev–Trinajstić information content (AvgIpc) is 2.67. The average molecular weight is 393 g/mol. The first-order chi connectivity index (χ1) is 13.5. The highest BCUT2D eigenvalue weighted by Gasteiger charge is 2.53. The Morgan fingerprint density at radius 2 is 1.79 bits per heavy atom. The Bertz CT molecular complexity index is 1070. The number of hydrogen-bond donors (Lipinski definition) is 2. The van der Waals surface area contributed by atoms with E-state index in [9.17, 15) is 9.18 Å². The highest BCUT2D eigenvalue weighted by Crippen LogP contribution is 2.47. The van der Waals surface area contributed by atoms with Gasteiger partial charge in [0.05, 0.1) is 17.0 Å². The maximum Gasteiger partial charge on any atom is 0.237 e. The van der Waals surface area contributed by atoms with Crippen molar-refractivity contribution >= 4 is 23.2 Å². The lowest BCUT2D eigenvalue weighted by Gasteiger charge is -2.46. The zero-order valence-electron chi connectivity index (χ0n) is 17.2. The van der Waals surface area contributed by atoms with Crippen molar-refractivity contribution in [2.24, 2.45) is 16.1 Å². The summed E-state index contributed by atoms with van der Waals surface area (Å²) < 4.78 is 14.9. The van der Waals surface area contributed by atoms with Crippen molar-refractivity contribution < 1.29 is 9.18 Å². The molecular formula is C22H24FN5O. The fraction of sp³-hybridized carbons (Fsp3) is 0.318. The molecule has 0 aromatic heterocycles. The van der Waals surface area contributed by atoms with Gasteiger partial charge in [-0.05, 0) is 69.7 Å². The predicted molar refractivity (Wildman–Crippen MR) is 111 cm³/mol. The molecule has 1 atom stereocenters. The fourth-order valence-corrected chi connectivity index (χ4v) is 3.58. The summed E-state index contributed by atoms with van der Waals surface area (Å²) in [6.45, 7) is 7.06. The maximum absolute atomic E-state index is 14.9. The van der Waals surface area contributed by atoms with Crippen LogP contribution in [0.2, 0.25) is 0 Å². The number of rotatable bonds is 3. The third kappa shape index (κ3) is 3.21. The minimum absolute atomic E-state index is 0.0531. The van der Waals surface area contributed by atoms with Crippen molar-refractivity contribution in [2.75, 3.05) is 12.4 Å². The fourth-order valence-electron chi connectivity index (χ4n) is 3.58. The zero-order valence-corrected chi connectivity index (χ0v) is 17.2. The lowest BCUT2D eigenvalue weighted by molar-refractivity contribution is -0.140. The van der Waals surface area contributed by atoms with Crippen LogP contribution in [0.1, 0.15) is 37.5 Å². The Kier molecular flexibility index (Phi) is 4.83. The van der Waals surface area contributed by atoms with Crippen molar-refractivity contribution in [2.45, 2.75) is 33.2 Å². The van der Waals surface area contributed by atoms with Gasteiger partial charge in [0.25, 0.3) is 0 Å². The van der Waals surface area contributed by atoms with Crippen LogP contribution in [0.3, 0.4) is 0 Å². The van der Waals surface area contributed by atoms with Gasteiger partial charge in [-0.3, -0.25) is 9.69 Å². The summed E-state index contributed by atoms with van der Waals surface area (Å²) in [5.74, 6) is -0.638. The van der Waals surface area contributed by atoms with E-state index < -0.39 is 16.8 Å². The summed E-state index contributed by atoms with van der Waals surface area (Å²) in [4.78, 5) is 18.6. The van der Waals surface area contributed by atoms with Crippen molar-refractivity contribution in [3.8, 4) is 6.07 Å². The lowest BCUT2D eigenvalue weighted by Crippen LogP contribution is -2.58. The number of anilines is 2. The number of nitrogens with one attached hydrogen (secondary N) is 1. The Morgan fingerprint density at radius 1 is 1.17 bits per heavy atom. The number of nitriles is 1. The van der Waals surface area contributed by atoms with Gasteiger partial charge in [0.1, 0.15) is 11.4 Å². The molecule has 3 rings (SSSR count). The number of hydrogen-bond acceptors (Lipinski definition) is 5. The second-order valence-electron chi connectivity index (χ2n) is 7.99. The molecule has 6 nitrogen and oxygen atoms in total. The smallest absolute Gasteiger partial charge is 0.237 e. The highest BCUT2D eigenvalue weighted by atomic mass is 19.1. The number of carbonyl (C=O) groups is 1. The summed E-state index contributed by atoms with van der Waals surface area (Å²) in [5.41, 5.74) is 6.89. The first kappa shape index (κ1) is 20.3. The SMILES string of the molecule is Cc1cc(Nc2ccc(F)c(C3(C)N=C(N)N(C)C(=O)C3(C)C)c2)ccc1C#N. The van der Waals surface area contributed by atoms with E-state index in [-0.39, 0.29) is 17.4 Å². The van der Waals surface area contributed by atoms with Crippen LogP contribution >= 0.6 is 0 Å². The number of benzene rings is 2. The zero-order chi connectivity index (χ0) is 21.6. The van der Waals surface area contributed by atoms with E-state index in [1.54, 1.807) is 52.1 Å². The van der Waals surface area contributed by atoms with Crippen molar-refractivity contribution in [1.29, 1.82) is 5.26 Å². The summed E-state index contributed by atoms with van der Waals surface area (Å²) >= 11 is 0. The number of aliphatic imine (C=N–C) groups is 1. The monoisotopic (exact) mass is 393 g/mol. The van der Waals surface area contributed by atoms with Crippen LogP contribution in [-0.2, 0) is 10.3 Å². The molecule has 7 heteroatoms. The van der Waals surface area contributed by atoms with Crippen molar-refractivity contribution in [3.05, 3.63) is 58.9 Å². The summed E-state index contributed by atoms with van der Waals surface area (Å²) in [6.07, 6.45) is 0. The molecule has 0 radical (unpaired) electrons.